The maximum Gasteiger partial charge on any atom is 0.119 e. The third-order valence-electron chi connectivity index (χ3n) is 4.82. The van der Waals surface area contributed by atoms with Crippen LogP contribution in [0, 0.1) is 5.92 Å². The highest BCUT2D eigenvalue weighted by Gasteiger charge is 2.34. The predicted molar refractivity (Wildman–Crippen MR) is 100 cm³/mol. The summed E-state index contributed by atoms with van der Waals surface area (Å²) in [5, 5.41) is 3.64. The molecule has 0 spiro atoms. The molecule has 0 bridgehead atoms. The Labute approximate surface area is 146 Å². The molecular formula is C22H29NO. The first-order chi connectivity index (χ1) is 11.8. The first kappa shape index (κ1) is 17.2. The van der Waals surface area contributed by atoms with E-state index < -0.39 is 0 Å². The fourth-order valence-corrected chi connectivity index (χ4v) is 3.28. The highest BCUT2D eigenvalue weighted by Crippen LogP contribution is 2.37. The number of nitrogens with one attached hydrogen (secondary N) is 1. The van der Waals surface area contributed by atoms with Gasteiger partial charge in [0.2, 0.25) is 0 Å². The summed E-state index contributed by atoms with van der Waals surface area (Å²) in [6, 6.07) is 21.4. The lowest BCUT2D eigenvalue weighted by Gasteiger charge is -2.35. The zero-order chi connectivity index (χ0) is 16.7. The van der Waals surface area contributed by atoms with Crippen LogP contribution in [0.3, 0.4) is 0 Å². The maximum atomic E-state index is 6.53. The average molecular weight is 323 g/mol. The lowest BCUT2D eigenvalue weighted by atomic mass is 9.83. The zero-order valence-corrected chi connectivity index (χ0v) is 14.7. The van der Waals surface area contributed by atoms with Crippen LogP contribution in [0.5, 0.6) is 0 Å². The van der Waals surface area contributed by atoms with Gasteiger partial charge in [0.15, 0.2) is 0 Å². The summed E-state index contributed by atoms with van der Waals surface area (Å²) in [6.07, 6.45) is 4.76. The topological polar surface area (TPSA) is 21.3 Å². The molecule has 0 aliphatic heterocycles. The standard InChI is InChI=1S/C22H29NO/c1-2-17-24-22(20-9-5-3-6-10-20,21-11-7-4-8-12-21)15-16-23-18-19-13-14-19/h3-12,19,23H,2,13-18H2,1H3. The Balaban J connectivity index is 1.86. The van der Waals surface area contributed by atoms with Crippen molar-refractivity contribution >= 4 is 0 Å². The van der Waals surface area contributed by atoms with Gasteiger partial charge in [-0.1, -0.05) is 67.6 Å². The van der Waals surface area contributed by atoms with Crippen LogP contribution in [-0.2, 0) is 10.3 Å². The van der Waals surface area contributed by atoms with Crippen LogP contribution in [0.1, 0.15) is 43.7 Å². The summed E-state index contributed by atoms with van der Waals surface area (Å²) in [6.45, 7) is 5.07. The SMILES string of the molecule is CCCOC(CCNCC1CC1)(c1ccccc1)c1ccccc1. The van der Waals surface area contributed by atoms with E-state index in [2.05, 4.69) is 72.9 Å². The van der Waals surface area contributed by atoms with Gasteiger partial charge in [-0.2, -0.15) is 0 Å². The van der Waals surface area contributed by atoms with Crippen LogP contribution in [0.4, 0.5) is 0 Å². The van der Waals surface area contributed by atoms with Gasteiger partial charge in [0.05, 0.1) is 0 Å². The van der Waals surface area contributed by atoms with Crippen LogP contribution >= 0.6 is 0 Å². The van der Waals surface area contributed by atoms with Crippen molar-refractivity contribution in [3.63, 3.8) is 0 Å². The lowest BCUT2D eigenvalue weighted by Crippen LogP contribution is -2.36. The molecule has 1 N–H and O–H groups in total. The molecule has 128 valence electrons. The molecule has 2 aromatic rings. The van der Waals surface area contributed by atoms with Gasteiger partial charge in [-0.15, -0.1) is 0 Å². The minimum atomic E-state index is -0.366. The van der Waals surface area contributed by atoms with E-state index in [1.807, 2.05) is 0 Å². The van der Waals surface area contributed by atoms with E-state index in [9.17, 15) is 0 Å². The molecule has 0 atom stereocenters. The van der Waals surface area contributed by atoms with Gasteiger partial charge in [0.1, 0.15) is 5.60 Å². The molecule has 0 heterocycles. The van der Waals surface area contributed by atoms with Gasteiger partial charge < -0.3 is 10.1 Å². The molecule has 1 saturated carbocycles. The summed E-state index contributed by atoms with van der Waals surface area (Å²) in [5.74, 6) is 0.907. The molecule has 0 radical (unpaired) electrons. The molecule has 0 amide bonds. The molecule has 2 heteroatoms. The zero-order valence-electron chi connectivity index (χ0n) is 14.7. The summed E-state index contributed by atoms with van der Waals surface area (Å²) in [7, 11) is 0. The van der Waals surface area contributed by atoms with E-state index in [4.69, 9.17) is 4.74 Å². The minimum Gasteiger partial charge on any atom is -0.366 e. The Bertz CT molecular complexity index is 552. The largest absolute Gasteiger partial charge is 0.366 e. The van der Waals surface area contributed by atoms with Crippen molar-refractivity contribution in [3.05, 3.63) is 71.8 Å². The van der Waals surface area contributed by atoms with E-state index >= 15 is 0 Å². The van der Waals surface area contributed by atoms with Crippen LogP contribution < -0.4 is 5.32 Å². The third-order valence-corrected chi connectivity index (χ3v) is 4.82. The number of benzene rings is 2. The third kappa shape index (κ3) is 4.25. The minimum absolute atomic E-state index is 0.366. The van der Waals surface area contributed by atoms with E-state index in [1.54, 1.807) is 0 Å². The van der Waals surface area contributed by atoms with Gasteiger partial charge in [-0.05, 0) is 55.8 Å². The fourth-order valence-electron chi connectivity index (χ4n) is 3.28. The molecular weight excluding hydrogens is 294 g/mol. The summed E-state index contributed by atoms with van der Waals surface area (Å²) in [4.78, 5) is 0. The van der Waals surface area contributed by atoms with E-state index in [0.29, 0.717) is 0 Å². The van der Waals surface area contributed by atoms with Crippen LogP contribution in [-0.4, -0.2) is 19.7 Å². The van der Waals surface area contributed by atoms with Crippen molar-refractivity contribution in [1.82, 2.24) is 5.32 Å². The monoisotopic (exact) mass is 323 g/mol. The number of rotatable bonds is 10. The van der Waals surface area contributed by atoms with E-state index in [0.717, 1.165) is 38.5 Å². The number of ether oxygens (including phenoxy) is 1. The molecule has 1 fully saturated rings. The molecule has 0 unspecified atom stereocenters. The Hall–Kier alpha value is -1.64. The Morgan fingerprint density at radius 3 is 2.04 bits per heavy atom. The van der Waals surface area contributed by atoms with Gasteiger partial charge in [-0.3, -0.25) is 0 Å². The average Bonchev–Trinajstić information content (AvgIpc) is 3.47. The summed E-state index contributed by atoms with van der Waals surface area (Å²) < 4.78 is 6.53. The van der Waals surface area contributed by atoms with Crippen LogP contribution in [0.2, 0.25) is 0 Å². The summed E-state index contributed by atoms with van der Waals surface area (Å²) >= 11 is 0. The molecule has 24 heavy (non-hydrogen) atoms. The van der Waals surface area contributed by atoms with Crippen molar-refractivity contribution in [1.29, 1.82) is 0 Å². The lowest BCUT2D eigenvalue weighted by molar-refractivity contribution is -0.0242. The van der Waals surface area contributed by atoms with Crippen molar-refractivity contribution in [3.8, 4) is 0 Å². The second-order valence-electron chi connectivity index (χ2n) is 6.81. The van der Waals surface area contributed by atoms with E-state index in [1.165, 1.54) is 24.0 Å². The first-order valence-electron chi connectivity index (χ1n) is 9.31. The molecule has 3 rings (SSSR count). The Kier molecular flexibility index (Phi) is 6.06. The number of hydrogen-bond acceptors (Lipinski definition) is 2. The molecule has 0 aromatic heterocycles. The molecule has 0 saturated heterocycles. The van der Waals surface area contributed by atoms with Crippen molar-refractivity contribution in [2.75, 3.05) is 19.7 Å². The smallest absolute Gasteiger partial charge is 0.119 e. The second kappa shape index (κ2) is 8.46. The first-order valence-corrected chi connectivity index (χ1v) is 9.31. The molecule has 1 aliphatic rings. The van der Waals surface area contributed by atoms with Crippen molar-refractivity contribution in [2.24, 2.45) is 5.92 Å². The molecule has 2 aromatic carbocycles. The number of hydrogen-bond donors (Lipinski definition) is 1. The highest BCUT2D eigenvalue weighted by molar-refractivity contribution is 5.36. The predicted octanol–water partition coefficient (Wildman–Crippen LogP) is 4.75. The highest BCUT2D eigenvalue weighted by atomic mass is 16.5. The second-order valence-corrected chi connectivity index (χ2v) is 6.81. The van der Waals surface area contributed by atoms with Crippen molar-refractivity contribution < 1.29 is 4.74 Å². The van der Waals surface area contributed by atoms with Gasteiger partial charge >= 0.3 is 0 Å². The summed E-state index contributed by atoms with van der Waals surface area (Å²) in [5.41, 5.74) is 2.13. The van der Waals surface area contributed by atoms with Crippen molar-refractivity contribution in [2.45, 2.75) is 38.2 Å². The van der Waals surface area contributed by atoms with E-state index in [-0.39, 0.29) is 5.60 Å². The fraction of sp³-hybridized carbons (Fsp3) is 0.455. The maximum absolute atomic E-state index is 6.53. The molecule has 2 nitrogen and oxygen atoms in total. The van der Waals surface area contributed by atoms with Crippen LogP contribution in [0.15, 0.2) is 60.7 Å². The quantitative estimate of drug-likeness (QED) is 0.637. The normalized spacial score (nSPS) is 14.7. The van der Waals surface area contributed by atoms with Gasteiger partial charge in [-0.25, -0.2) is 0 Å². The van der Waals surface area contributed by atoms with Gasteiger partial charge in [0.25, 0.3) is 0 Å². The van der Waals surface area contributed by atoms with Crippen LogP contribution in [0.25, 0.3) is 0 Å². The molecule has 1 aliphatic carbocycles. The van der Waals surface area contributed by atoms with Gasteiger partial charge in [0, 0.05) is 6.61 Å². The Morgan fingerprint density at radius 1 is 0.958 bits per heavy atom. The Morgan fingerprint density at radius 2 is 1.54 bits per heavy atom.